The highest BCUT2D eigenvalue weighted by Gasteiger charge is 2.39. The van der Waals surface area contributed by atoms with Crippen molar-refractivity contribution in [3.63, 3.8) is 0 Å². The minimum atomic E-state index is -0.563. The lowest BCUT2D eigenvalue weighted by Gasteiger charge is -2.19. The first-order chi connectivity index (χ1) is 16.9. The maximum atomic E-state index is 13.2. The smallest absolute Gasteiger partial charge is 0.266 e. The average Bonchev–Trinajstić information content (AvgIpc) is 3.26. The van der Waals surface area contributed by atoms with E-state index in [1.807, 2.05) is 0 Å². The highest BCUT2D eigenvalue weighted by Crippen LogP contribution is 2.35. The molecule has 7 heteroatoms. The zero-order valence-electron chi connectivity index (χ0n) is 18.7. The van der Waals surface area contributed by atoms with Crippen molar-refractivity contribution < 1.29 is 23.9 Å². The Morgan fingerprint density at radius 1 is 0.714 bits per heavy atom. The van der Waals surface area contributed by atoms with Crippen molar-refractivity contribution in [2.45, 2.75) is 0 Å². The summed E-state index contributed by atoms with van der Waals surface area (Å²) in [6, 6.07) is 10.6. The molecule has 2 aliphatic rings. The van der Waals surface area contributed by atoms with E-state index in [4.69, 9.17) is 4.74 Å². The summed E-state index contributed by atoms with van der Waals surface area (Å²) in [5.41, 5.74) is 1.05. The van der Waals surface area contributed by atoms with E-state index in [1.54, 1.807) is 30.3 Å². The van der Waals surface area contributed by atoms with E-state index < -0.39 is 23.6 Å². The van der Waals surface area contributed by atoms with Gasteiger partial charge in [0.15, 0.2) is 0 Å². The van der Waals surface area contributed by atoms with Crippen molar-refractivity contribution >= 4 is 35.0 Å². The van der Waals surface area contributed by atoms with Gasteiger partial charge in [-0.2, -0.15) is 0 Å². The number of allylic oxidation sites excluding steroid dienone is 3. The Kier molecular flexibility index (Phi) is 5.99. The lowest BCUT2D eigenvalue weighted by Crippen LogP contribution is -2.32. The summed E-state index contributed by atoms with van der Waals surface area (Å²) in [6.45, 7) is 14.5. The fraction of sp³-hybridized carbons (Fsp3) is 0. The predicted octanol–water partition coefficient (Wildman–Crippen LogP) is 4.66. The van der Waals surface area contributed by atoms with Crippen LogP contribution in [0.15, 0.2) is 116 Å². The first-order valence-electron chi connectivity index (χ1n) is 10.5. The number of amides is 4. The number of benzene rings is 2. The first-order valence-corrected chi connectivity index (χ1v) is 10.5. The van der Waals surface area contributed by atoms with Gasteiger partial charge in [-0.05, 0) is 48.6 Å². The summed E-state index contributed by atoms with van der Waals surface area (Å²) in [5.74, 6) is -1.45. The number of hydrogen-bond donors (Lipinski definition) is 0. The molecule has 0 unspecified atom stereocenters. The molecule has 2 heterocycles. The molecule has 0 saturated carbocycles. The summed E-state index contributed by atoms with van der Waals surface area (Å²) >= 11 is 0. The van der Waals surface area contributed by atoms with E-state index in [-0.39, 0.29) is 33.6 Å². The maximum Gasteiger partial charge on any atom is 0.266 e. The molecular formula is C28H20N2O5. The molecule has 7 nitrogen and oxygen atoms in total. The van der Waals surface area contributed by atoms with E-state index in [2.05, 4.69) is 26.3 Å². The van der Waals surface area contributed by atoms with Crippen LogP contribution in [0.2, 0.25) is 0 Å². The van der Waals surface area contributed by atoms with Crippen LogP contribution in [0.4, 0.5) is 11.4 Å². The number of nitrogens with zero attached hydrogens (tertiary/aromatic N) is 2. The van der Waals surface area contributed by atoms with Crippen LogP contribution in [0, 0.1) is 0 Å². The van der Waals surface area contributed by atoms with Crippen LogP contribution in [0.25, 0.3) is 0 Å². The van der Waals surface area contributed by atoms with Gasteiger partial charge in [-0.3, -0.25) is 19.2 Å². The van der Waals surface area contributed by atoms with Gasteiger partial charge in [0.25, 0.3) is 23.6 Å². The second-order valence-corrected chi connectivity index (χ2v) is 7.47. The van der Waals surface area contributed by atoms with Crippen LogP contribution >= 0.6 is 0 Å². The minimum Gasteiger partial charge on any atom is -0.457 e. The van der Waals surface area contributed by atoms with Gasteiger partial charge in [-0.15, -0.1) is 0 Å². The molecule has 2 aromatic carbocycles. The molecule has 0 atom stereocenters. The van der Waals surface area contributed by atoms with E-state index in [0.29, 0.717) is 11.5 Å². The molecule has 0 saturated heterocycles. The SMILES string of the molecule is C=C/C=C(\C=C)Oc1ccc2c(c1)C(=O)N(c1cccc(N3C(=O)C(C=C)=C(C=C)C3=O)c1)C2=O. The second kappa shape index (κ2) is 9.07. The van der Waals surface area contributed by atoms with Crippen molar-refractivity contribution in [1.82, 2.24) is 0 Å². The molecule has 0 aliphatic carbocycles. The molecule has 0 radical (unpaired) electrons. The average molecular weight is 464 g/mol. The van der Waals surface area contributed by atoms with Crippen LogP contribution in [0.1, 0.15) is 20.7 Å². The third-order valence-corrected chi connectivity index (χ3v) is 5.49. The molecule has 172 valence electrons. The van der Waals surface area contributed by atoms with Gasteiger partial charge >= 0.3 is 0 Å². The van der Waals surface area contributed by atoms with E-state index in [0.717, 1.165) is 9.80 Å². The highest BCUT2D eigenvalue weighted by atomic mass is 16.5. The van der Waals surface area contributed by atoms with Crippen LogP contribution in [-0.2, 0) is 9.59 Å². The molecule has 0 bridgehead atoms. The quantitative estimate of drug-likeness (QED) is 0.322. The number of imide groups is 2. The third kappa shape index (κ3) is 3.75. The lowest BCUT2D eigenvalue weighted by molar-refractivity contribution is -0.120. The molecule has 4 amide bonds. The number of anilines is 2. The van der Waals surface area contributed by atoms with Crippen LogP contribution in [-0.4, -0.2) is 23.6 Å². The standard InChI is InChI=1S/C28H20N2O5/c1-5-10-19(6-2)35-20-13-14-23-24(16-20)28(34)30(27(23)33)18-12-9-11-17(15-18)29-25(31)21(7-3)22(8-4)26(29)32/h5-16H,1-4H2/b19-10+. The molecular weight excluding hydrogens is 444 g/mol. The summed E-state index contributed by atoms with van der Waals surface area (Å²) in [7, 11) is 0. The van der Waals surface area contributed by atoms with Crippen LogP contribution in [0.3, 0.4) is 0 Å². The number of carbonyl (C=O) groups excluding carboxylic acids is 4. The zero-order valence-corrected chi connectivity index (χ0v) is 18.7. The summed E-state index contributed by atoms with van der Waals surface area (Å²) in [4.78, 5) is 53.9. The number of hydrogen-bond acceptors (Lipinski definition) is 5. The van der Waals surface area contributed by atoms with E-state index >= 15 is 0 Å². The van der Waals surface area contributed by atoms with Gasteiger partial charge in [0, 0.05) is 0 Å². The molecule has 2 aliphatic heterocycles. The van der Waals surface area contributed by atoms with Gasteiger partial charge in [0.2, 0.25) is 0 Å². The van der Waals surface area contributed by atoms with Crippen molar-refractivity contribution in [3.8, 4) is 5.75 Å². The first kappa shape index (κ1) is 23.1. The fourth-order valence-corrected chi connectivity index (χ4v) is 3.88. The normalized spacial score (nSPS) is 15.5. The van der Waals surface area contributed by atoms with Crippen molar-refractivity contribution in [2.75, 3.05) is 9.80 Å². The number of carbonyl (C=O) groups is 4. The van der Waals surface area contributed by atoms with Crippen molar-refractivity contribution in [2.24, 2.45) is 0 Å². The number of rotatable bonds is 8. The summed E-state index contributed by atoms with van der Waals surface area (Å²) in [5, 5.41) is 0. The highest BCUT2D eigenvalue weighted by molar-refractivity contribution is 6.36. The summed E-state index contributed by atoms with van der Waals surface area (Å²) < 4.78 is 5.69. The van der Waals surface area contributed by atoms with Crippen LogP contribution in [0.5, 0.6) is 5.75 Å². The van der Waals surface area contributed by atoms with Gasteiger partial charge in [0.05, 0.1) is 33.6 Å². The minimum absolute atomic E-state index is 0.132. The molecule has 4 rings (SSSR count). The molecule has 2 aromatic rings. The second-order valence-electron chi connectivity index (χ2n) is 7.47. The maximum absolute atomic E-state index is 13.2. The Morgan fingerprint density at radius 2 is 1.29 bits per heavy atom. The molecule has 0 aromatic heterocycles. The molecule has 0 spiro atoms. The fourth-order valence-electron chi connectivity index (χ4n) is 3.88. The lowest BCUT2D eigenvalue weighted by atomic mass is 10.1. The van der Waals surface area contributed by atoms with Gasteiger partial charge in [-0.25, -0.2) is 9.80 Å². The Morgan fingerprint density at radius 3 is 1.83 bits per heavy atom. The van der Waals surface area contributed by atoms with Gasteiger partial charge in [0.1, 0.15) is 11.5 Å². The van der Waals surface area contributed by atoms with Crippen molar-refractivity contribution in [3.05, 3.63) is 127 Å². The third-order valence-electron chi connectivity index (χ3n) is 5.49. The largest absolute Gasteiger partial charge is 0.457 e. The number of fused-ring (bicyclic) bond motifs is 1. The Hall–Kier alpha value is -5.04. The molecule has 0 fully saturated rings. The Bertz CT molecular complexity index is 1400. The summed E-state index contributed by atoms with van der Waals surface area (Å²) in [6.07, 6.45) is 7.23. The number of ether oxygens (including phenoxy) is 1. The van der Waals surface area contributed by atoms with Gasteiger partial charge in [-0.1, -0.05) is 50.6 Å². The van der Waals surface area contributed by atoms with Gasteiger partial charge < -0.3 is 4.74 Å². The predicted molar refractivity (Wildman–Crippen MR) is 133 cm³/mol. The zero-order chi connectivity index (χ0) is 25.3. The topological polar surface area (TPSA) is 84.0 Å². The van der Waals surface area contributed by atoms with E-state index in [9.17, 15) is 19.2 Å². The van der Waals surface area contributed by atoms with Crippen LogP contribution < -0.4 is 14.5 Å². The molecule has 0 N–H and O–H groups in total. The Labute approximate surface area is 201 Å². The van der Waals surface area contributed by atoms with E-state index in [1.165, 1.54) is 42.5 Å². The molecule has 35 heavy (non-hydrogen) atoms. The Balaban J connectivity index is 1.68. The monoisotopic (exact) mass is 464 g/mol. The van der Waals surface area contributed by atoms with Crippen molar-refractivity contribution in [1.29, 1.82) is 0 Å².